The smallest absolute Gasteiger partial charge is 0.161 e. The molecule has 3 rings (SSSR count). The highest BCUT2D eigenvalue weighted by Gasteiger charge is 2.19. The molecule has 0 aromatic heterocycles. The van der Waals surface area contributed by atoms with Gasteiger partial charge in [0.15, 0.2) is 11.5 Å². The van der Waals surface area contributed by atoms with E-state index in [0.717, 1.165) is 24.6 Å². The van der Waals surface area contributed by atoms with E-state index >= 15 is 0 Å². The van der Waals surface area contributed by atoms with Crippen molar-refractivity contribution >= 4 is 0 Å². The fraction of sp³-hybridized carbons (Fsp3) is 0.571. The molecule has 98 valence electrons. The zero-order chi connectivity index (χ0) is 12.4. The molecule has 2 aliphatic heterocycles. The summed E-state index contributed by atoms with van der Waals surface area (Å²) < 4.78 is 11.2. The molecule has 1 saturated heterocycles. The van der Waals surface area contributed by atoms with Gasteiger partial charge in [0.2, 0.25) is 0 Å². The Labute approximate surface area is 108 Å². The molecule has 0 saturated carbocycles. The Kier molecular flexibility index (Phi) is 3.39. The fourth-order valence-electron chi connectivity index (χ4n) is 2.58. The Morgan fingerprint density at radius 3 is 2.89 bits per heavy atom. The molecule has 0 spiro atoms. The highest BCUT2D eigenvalue weighted by molar-refractivity contribution is 5.44. The van der Waals surface area contributed by atoms with Gasteiger partial charge in [-0.05, 0) is 37.6 Å². The average molecular weight is 248 g/mol. The predicted molar refractivity (Wildman–Crippen MR) is 70.3 cm³/mol. The van der Waals surface area contributed by atoms with Gasteiger partial charge in [-0.3, -0.25) is 0 Å². The molecule has 2 heterocycles. The molecule has 1 fully saturated rings. The first-order valence-corrected chi connectivity index (χ1v) is 6.69. The van der Waals surface area contributed by atoms with Crippen molar-refractivity contribution in [1.29, 1.82) is 0 Å². The van der Waals surface area contributed by atoms with Crippen LogP contribution in [0.1, 0.15) is 24.9 Å². The topological polar surface area (TPSA) is 42.5 Å². The van der Waals surface area contributed by atoms with E-state index in [9.17, 15) is 0 Å². The molecule has 0 amide bonds. The summed E-state index contributed by atoms with van der Waals surface area (Å²) in [5.74, 6) is 1.73. The molecule has 1 aromatic carbocycles. The van der Waals surface area contributed by atoms with Gasteiger partial charge in [-0.25, -0.2) is 0 Å². The van der Waals surface area contributed by atoms with Gasteiger partial charge in [0.05, 0.1) is 0 Å². The highest BCUT2D eigenvalue weighted by atomic mass is 16.6. The van der Waals surface area contributed by atoms with Gasteiger partial charge >= 0.3 is 0 Å². The van der Waals surface area contributed by atoms with Crippen molar-refractivity contribution < 1.29 is 9.47 Å². The van der Waals surface area contributed by atoms with Gasteiger partial charge in [0.1, 0.15) is 13.2 Å². The van der Waals surface area contributed by atoms with Gasteiger partial charge in [0, 0.05) is 18.6 Å². The molecule has 2 N–H and O–H groups in total. The van der Waals surface area contributed by atoms with Crippen LogP contribution in [-0.2, 0) is 0 Å². The molecule has 0 radical (unpaired) electrons. The lowest BCUT2D eigenvalue weighted by Gasteiger charge is -2.22. The summed E-state index contributed by atoms with van der Waals surface area (Å²) in [6.45, 7) is 5.67. The second kappa shape index (κ2) is 5.16. The molecule has 4 heteroatoms. The van der Waals surface area contributed by atoms with Crippen LogP contribution < -0.4 is 20.1 Å². The van der Waals surface area contributed by atoms with Crippen LogP contribution in [-0.4, -0.2) is 32.3 Å². The molecule has 2 aliphatic rings. The monoisotopic (exact) mass is 248 g/mol. The first kappa shape index (κ1) is 11.8. The first-order valence-electron chi connectivity index (χ1n) is 6.69. The molecule has 1 aromatic rings. The van der Waals surface area contributed by atoms with E-state index in [-0.39, 0.29) is 0 Å². The predicted octanol–water partition coefficient (Wildman–Crippen LogP) is 1.47. The number of nitrogens with one attached hydrogen (secondary N) is 2. The summed E-state index contributed by atoms with van der Waals surface area (Å²) in [6.07, 6.45) is 1.20. The summed E-state index contributed by atoms with van der Waals surface area (Å²) in [5, 5.41) is 7.01. The van der Waals surface area contributed by atoms with Crippen LogP contribution in [0.2, 0.25) is 0 Å². The SMILES string of the molecule is CC(NC1CCNC1)c1ccc2c(c1)OCCO2. The number of rotatable bonds is 3. The molecule has 0 bridgehead atoms. The minimum Gasteiger partial charge on any atom is -0.486 e. The quantitative estimate of drug-likeness (QED) is 0.850. The van der Waals surface area contributed by atoms with E-state index in [4.69, 9.17) is 9.47 Å². The Balaban J connectivity index is 1.70. The van der Waals surface area contributed by atoms with E-state index in [1.54, 1.807) is 0 Å². The lowest BCUT2D eigenvalue weighted by atomic mass is 10.1. The van der Waals surface area contributed by atoms with Gasteiger partial charge in [-0.2, -0.15) is 0 Å². The third-order valence-corrected chi connectivity index (χ3v) is 3.61. The van der Waals surface area contributed by atoms with Crippen LogP contribution >= 0.6 is 0 Å². The summed E-state index contributed by atoms with van der Waals surface area (Å²) in [7, 11) is 0. The van der Waals surface area contributed by atoms with Crippen molar-refractivity contribution in [2.24, 2.45) is 0 Å². The third kappa shape index (κ3) is 2.44. The maximum absolute atomic E-state index is 5.62. The second-order valence-electron chi connectivity index (χ2n) is 4.98. The Bertz CT molecular complexity index is 416. The van der Waals surface area contributed by atoms with Crippen LogP contribution in [0.4, 0.5) is 0 Å². The van der Waals surface area contributed by atoms with Crippen LogP contribution in [0.5, 0.6) is 11.5 Å². The first-order chi connectivity index (χ1) is 8.83. The number of benzene rings is 1. The van der Waals surface area contributed by atoms with Crippen molar-refractivity contribution in [2.45, 2.75) is 25.4 Å². The summed E-state index contributed by atoms with van der Waals surface area (Å²) >= 11 is 0. The second-order valence-corrected chi connectivity index (χ2v) is 4.98. The highest BCUT2D eigenvalue weighted by Crippen LogP contribution is 2.32. The maximum atomic E-state index is 5.62. The lowest BCUT2D eigenvalue weighted by Crippen LogP contribution is -2.33. The van der Waals surface area contributed by atoms with Crippen molar-refractivity contribution in [2.75, 3.05) is 26.3 Å². The molecule has 2 atom stereocenters. The van der Waals surface area contributed by atoms with Crippen molar-refractivity contribution in [3.8, 4) is 11.5 Å². The number of ether oxygens (including phenoxy) is 2. The zero-order valence-corrected chi connectivity index (χ0v) is 10.7. The summed E-state index contributed by atoms with van der Waals surface area (Å²) in [4.78, 5) is 0. The maximum Gasteiger partial charge on any atom is 0.161 e. The summed E-state index contributed by atoms with van der Waals surface area (Å²) in [5.41, 5.74) is 1.26. The van der Waals surface area contributed by atoms with Crippen molar-refractivity contribution in [3.05, 3.63) is 23.8 Å². The third-order valence-electron chi connectivity index (χ3n) is 3.61. The number of fused-ring (bicyclic) bond motifs is 1. The molecule has 4 nitrogen and oxygen atoms in total. The van der Waals surface area contributed by atoms with E-state index in [1.165, 1.54) is 12.0 Å². The molecule has 18 heavy (non-hydrogen) atoms. The van der Waals surface area contributed by atoms with Crippen molar-refractivity contribution in [1.82, 2.24) is 10.6 Å². The average Bonchev–Trinajstić information content (AvgIpc) is 2.91. The van der Waals surface area contributed by atoms with Gasteiger partial charge in [-0.1, -0.05) is 6.07 Å². The summed E-state index contributed by atoms with van der Waals surface area (Å²) in [6, 6.07) is 7.13. The van der Waals surface area contributed by atoms with Crippen LogP contribution in [0, 0.1) is 0 Å². The molecule has 2 unspecified atom stereocenters. The Morgan fingerprint density at radius 2 is 2.11 bits per heavy atom. The van der Waals surface area contributed by atoms with Crippen LogP contribution in [0.3, 0.4) is 0 Å². The minimum absolute atomic E-state index is 0.339. The molecule has 0 aliphatic carbocycles. The van der Waals surface area contributed by atoms with Gasteiger partial charge in [-0.15, -0.1) is 0 Å². The molecular weight excluding hydrogens is 228 g/mol. The van der Waals surface area contributed by atoms with E-state index in [2.05, 4.69) is 29.7 Å². The minimum atomic E-state index is 0.339. The van der Waals surface area contributed by atoms with E-state index < -0.39 is 0 Å². The van der Waals surface area contributed by atoms with Crippen LogP contribution in [0.15, 0.2) is 18.2 Å². The van der Waals surface area contributed by atoms with Gasteiger partial charge < -0.3 is 20.1 Å². The lowest BCUT2D eigenvalue weighted by molar-refractivity contribution is 0.171. The standard InChI is InChI=1S/C14H20N2O2/c1-10(16-12-4-5-15-9-12)11-2-3-13-14(8-11)18-7-6-17-13/h2-3,8,10,12,15-16H,4-7,9H2,1H3. The van der Waals surface area contributed by atoms with Gasteiger partial charge in [0.25, 0.3) is 0 Å². The molecular formula is C14H20N2O2. The fourth-order valence-corrected chi connectivity index (χ4v) is 2.58. The number of hydrogen-bond donors (Lipinski definition) is 2. The largest absolute Gasteiger partial charge is 0.486 e. The Hall–Kier alpha value is -1.26. The van der Waals surface area contributed by atoms with E-state index in [0.29, 0.717) is 25.3 Å². The number of hydrogen-bond acceptors (Lipinski definition) is 4. The Morgan fingerprint density at radius 1 is 1.28 bits per heavy atom. The van der Waals surface area contributed by atoms with Crippen molar-refractivity contribution in [3.63, 3.8) is 0 Å². The normalized spacial score (nSPS) is 23.9. The zero-order valence-electron chi connectivity index (χ0n) is 10.7. The van der Waals surface area contributed by atoms with E-state index in [1.807, 2.05) is 6.07 Å². The van der Waals surface area contributed by atoms with Crippen LogP contribution in [0.25, 0.3) is 0 Å².